The molecule has 21 heavy (non-hydrogen) atoms. The lowest BCUT2D eigenvalue weighted by Gasteiger charge is -2.08. The number of nitrogens with zero attached hydrogens (tertiary/aromatic N) is 2. The Morgan fingerprint density at radius 3 is 2.76 bits per heavy atom. The molecule has 0 saturated heterocycles. The Bertz CT molecular complexity index is 725. The van der Waals surface area contributed by atoms with Crippen LogP contribution in [0.1, 0.15) is 29.4 Å². The largest absolute Gasteiger partial charge is 0.321 e. The maximum absolute atomic E-state index is 12.2. The minimum atomic E-state index is -0.332. The highest BCUT2D eigenvalue weighted by atomic mass is 79.9. The van der Waals surface area contributed by atoms with Crippen LogP contribution in [0.25, 0.3) is 0 Å². The van der Waals surface area contributed by atoms with E-state index in [4.69, 9.17) is 0 Å². The van der Waals surface area contributed by atoms with Crippen LogP contribution in [0.2, 0.25) is 0 Å². The van der Waals surface area contributed by atoms with Crippen LogP contribution in [0.15, 0.2) is 39.6 Å². The maximum Gasteiger partial charge on any atom is 0.276 e. The average molecular weight is 350 g/mol. The lowest BCUT2D eigenvalue weighted by molar-refractivity contribution is 0.102. The summed E-state index contributed by atoms with van der Waals surface area (Å²) in [7, 11) is 0. The van der Waals surface area contributed by atoms with Crippen molar-refractivity contribution in [1.29, 1.82) is 0 Å². The second-order valence-electron chi connectivity index (χ2n) is 4.70. The second-order valence-corrected chi connectivity index (χ2v) is 5.55. The Kier molecular flexibility index (Phi) is 4.90. The number of hydrogen-bond donors (Lipinski definition) is 1. The van der Waals surface area contributed by atoms with Crippen molar-refractivity contribution in [3.8, 4) is 0 Å². The van der Waals surface area contributed by atoms with Gasteiger partial charge in [0.15, 0.2) is 0 Å². The number of aromatic nitrogens is 2. The Labute approximate surface area is 131 Å². The summed E-state index contributed by atoms with van der Waals surface area (Å²) in [6, 6.07) is 8.34. The summed E-state index contributed by atoms with van der Waals surface area (Å²) < 4.78 is 2.29. The molecule has 0 fully saturated rings. The number of anilines is 1. The highest BCUT2D eigenvalue weighted by Crippen LogP contribution is 2.20. The quantitative estimate of drug-likeness (QED) is 0.922. The number of benzene rings is 1. The molecule has 2 aromatic rings. The van der Waals surface area contributed by atoms with Gasteiger partial charge in [-0.2, -0.15) is 5.10 Å². The number of hydrogen-bond acceptors (Lipinski definition) is 3. The van der Waals surface area contributed by atoms with E-state index in [2.05, 4.69) is 26.3 Å². The molecule has 0 unspecified atom stereocenters. The Morgan fingerprint density at radius 1 is 1.33 bits per heavy atom. The molecule has 1 aromatic heterocycles. The molecule has 1 amide bonds. The van der Waals surface area contributed by atoms with Gasteiger partial charge in [-0.1, -0.05) is 22.9 Å². The van der Waals surface area contributed by atoms with Gasteiger partial charge in [-0.25, -0.2) is 4.68 Å². The van der Waals surface area contributed by atoms with Gasteiger partial charge in [-0.05, 0) is 43.2 Å². The van der Waals surface area contributed by atoms with E-state index in [0.717, 1.165) is 16.5 Å². The van der Waals surface area contributed by atoms with E-state index in [1.165, 1.54) is 16.8 Å². The minimum Gasteiger partial charge on any atom is -0.321 e. The number of halogens is 1. The van der Waals surface area contributed by atoms with Crippen molar-refractivity contribution in [2.75, 3.05) is 5.32 Å². The Hall–Kier alpha value is -1.95. The van der Waals surface area contributed by atoms with Gasteiger partial charge in [0.1, 0.15) is 5.69 Å². The molecule has 0 aliphatic rings. The monoisotopic (exact) mass is 349 g/mol. The topological polar surface area (TPSA) is 64.0 Å². The zero-order valence-electron chi connectivity index (χ0n) is 11.9. The first kappa shape index (κ1) is 15.4. The van der Waals surface area contributed by atoms with Gasteiger partial charge in [0.05, 0.1) is 0 Å². The SMILES string of the molecule is CCCn1nc(C(=O)Nc2ccc(Br)c(C)c2)ccc1=O. The van der Waals surface area contributed by atoms with Crippen molar-refractivity contribution < 1.29 is 4.79 Å². The molecule has 0 aliphatic carbocycles. The Morgan fingerprint density at radius 2 is 2.10 bits per heavy atom. The third kappa shape index (κ3) is 3.78. The van der Waals surface area contributed by atoms with Crippen molar-refractivity contribution in [1.82, 2.24) is 9.78 Å². The van der Waals surface area contributed by atoms with Gasteiger partial charge >= 0.3 is 0 Å². The van der Waals surface area contributed by atoms with Gasteiger partial charge in [-0.15, -0.1) is 0 Å². The van der Waals surface area contributed by atoms with Crippen molar-refractivity contribution in [3.05, 3.63) is 56.4 Å². The van der Waals surface area contributed by atoms with Crippen LogP contribution in [0.3, 0.4) is 0 Å². The minimum absolute atomic E-state index is 0.201. The fourth-order valence-electron chi connectivity index (χ4n) is 1.86. The molecule has 0 saturated carbocycles. The standard InChI is InChI=1S/C15H16BrN3O2/c1-3-8-19-14(20)7-6-13(18-19)15(21)17-11-4-5-12(16)10(2)9-11/h4-7,9H,3,8H2,1-2H3,(H,17,21). The molecule has 1 heterocycles. The molecule has 1 N–H and O–H groups in total. The Balaban J connectivity index is 2.21. The molecule has 2 rings (SSSR count). The van der Waals surface area contributed by atoms with Crippen molar-refractivity contribution in [3.63, 3.8) is 0 Å². The third-order valence-corrected chi connectivity index (χ3v) is 3.84. The molecule has 6 heteroatoms. The van der Waals surface area contributed by atoms with E-state index >= 15 is 0 Å². The van der Waals surface area contributed by atoms with E-state index < -0.39 is 0 Å². The molecule has 1 aromatic carbocycles. The number of amides is 1. The van der Waals surface area contributed by atoms with E-state index in [1.54, 1.807) is 6.07 Å². The molecule has 0 aliphatic heterocycles. The molecular weight excluding hydrogens is 334 g/mol. The van der Waals surface area contributed by atoms with E-state index in [9.17, 15) is 9.59 Å². The summed E-state index contributed by atoms with van der Waals surface area (Å²) in [5, 5.41) is 6.86. The zero-order chi connectivity index (χ0) is 15.4. The smallest absolute Gasteiger partial charge is 0.276 e. The third-order valence-electron chi connectivity index (χ3n) is 2.95. The molecule has 0 radical (unpaired) electrons. The predicted octanol–water partition coefficient (Wildman–Crippen LogP) is 2.98. The van der Waals surface area contributed by atoms with Crippen LogP contribution in [0.4, 0.5) is 5.69 Å². The number of nitrogens with one attached hydrogen (secondary N) is 1. The first-order valence-electron chi connectivity index (χ1n) is 6.67. The zero-order valence-corrected chi connectivity index (χ0v) is 13.5. The summed E-state index contributed by atoms with van der Waals surface area (Å²) in [6.45, 7) is 4.39. The van der Waals surface area contributed by atoms with Crippen LogP contribution in [0.5, 0.6) is 0 Å². The fraction of sp³-hybridized carbons (Fsp3) is 0.267. The first-order valence-corrected chi connectivity index (χ1v) is 7.46. The summed E-state index contributed by atoms with van der Waals surface area (Å²) >= 11 is 3.41. The molecule has 0 spiro atoms. The summed E-state index contributed by atoms with van der Waals surface area (Å²) in [5.41, 5.74) is 1.74. The van der Waals surface area contributed by atoms with E-state index in [-0.39, 0.29) is 17.2 Å². The molecule has 5 nitrogen and oxygen atoms in total. The van der Waals surface area contributed by atoms with Gasteiger partial charge in [-0.3, -0.25) is 9.59 Å². The highest BCUT2D eigenvalue weighted by molar-refractivity contribution is 9.10. The normalized spacial score (nSPS) is 10.4. The molecular formula is C15H16BrN3O2. The van der Waals surface area contributed by atoms with Gasteiger partial charge in [0, 0.05) is 22.8 Å². The van der Waals surface area contributed by atoms with Crippen LogP contribution in [0, 0.1) is 6.92 Å². The summed E-state index contributed by atoms with van der Waals surface area (Å²) in [4.78, 5) is 23.8. The van der Waals surface area contributed by atoms with E-state index in [0.29, 0.717) is 12.2 Å². The van der Waals surface area contributed by atoms with Gasteiger partial charge < -0.3 is 5.32 Å². The van der Waals surface area contributed by atoms with Crippen LogP contribution in [-0.2, 0) is 6.54 Å². The van der Waals surface area contributed by atoms with Crippen molar-refractivity contribution >= 4 is 27.5 Å². The van der Waals surface area contributed by atoms with Gasteiger partial charge in [0.25, 0.3) is 11.5 Å². The van der Waals surface area contributed by atoms with Crippen LogP contribution >= 0.6 is 15.9 Å². The molecule has 0 atom stereocenters. The summed E-state index contributed by atoms with van der Waals surface area (Å²) in [6.07, 6.45) is 0.782. The number of carbonyl (C=O) groups is 1. The maximum atomic E-state index is 12.2. The van der Waals surface area contributed by atoms with Crippen molar-refractivity contribution in [2.24, 2.45) is 0 Å². The predicted molar refractivity (Wildman–Crippen MR) is 85.6 cm³/mol. The number of rotatable bonds is 4. The second kappa shape index (κ2) is 6.67. The van der Waals surface area contributed by atoms with Gasteiger partial charge in [0.2, 0.25) is 0 Å². The van der Waals surface area contributed by atoms with Crippen LogP contribution < -0.4 is 10.9 Å². The number of aryl methyl sites for hydroxylation is 2. The summed E-state index contributed by atoms with van der Waals surface area (Å²) in [5.74, 6) is -0.332. The fourth-order valence-corrected chi connectivity index (χ4v) is 2.11. The van der Waals surface area contributed by atoms with Crippen molar-refractivity contribution in [2.45, 2.75) is 26.8 Å². The molecule has 110 valence electrons. The van der Waals surface area contributed by atoms with Crippen LogP contribution in [-0.4, -0.2) is 15.7 Å². The molecule has 0 bridgehead atoms. The van der Waals surface area contributed by atoms with E-state index in [1.807, 2.05) is 26.0 Å². The first-order chi connectivity index (χ1) is 10.0. The highest BCUT2D eigenvalue weighted by Gasteiger charge is 2.10. The average Bonchev–Trinajstić information content (AvgIpc) is 2.45. The lowest BCUT2D eigenvalue weighted by Crippen LogP contribution is -2.26. The lowest BCUT2D eigenvalue weighted by atomic mass is 10.2. The number of carbonyl (C=O) groups excluding carboxylic acids is 1.